The van der Waals surface area contributed by atoms with Gasteiger partial charge < -0.3 is 10.0 Å². The Morgan fingerprint density at radius 2 is 2.33 bits per heavy atom. The predicted molar refractivity (Wildman–Crippen MR) is 46.6 cm³/mol. The van der Waals surface area contributed by atoms with E-state index in [1.807, 2.05) is 14.1 Å². The van der Waals surface area contributed by atoms with Gasteiger partial charge in [-0.2, -0.15) is 0 Å². The van der Waals surface area contributed by atoms with Gasteiger partial charge in [-0.1, -0.05) is 0 Å². The van der Waals surface area contributed by atoms with Crippen LogP contribution in [0.5, 0.6) is 0 Å². The molecule has 0 aliphatic carbocycles. The van der Waals surface area contributed by atoms with Crippen LogP contribution in [0.1, 0.15) is 0 Å². The average molecular weight is 168 g/mol. The van der Waals surface area contributed by atoms with Crippen molar-refractivity contribution >= 4 is 12.2 Å². The molecule has 0 fully saturated rings. The fourth-order valence-electron chi connectivity index (χ4n) is 1.19. The molecule has 1 aliphatic heterocycles. The number of carboxylic acid groups (broad SMARTS) is 1. The molecule has 12 heavy (non-hydrogen) atoms. The van der Waals surface area contributed by atoms with Gasteiger partial charge in [-0.05, 0) is 26.2 Å². The summed E-state index contributed by atoms with van der Waals surface area (Å²) in [6.45, 7) is 0.398. The monoisotopic (exact) mass is 168 g/mol. The second-order valence-corrected chi connectivity index (χ2v) is 3.10. The van der Waals surface area contributed by atoms with Crippen LogP contribution in [-0.2, 0) is 4.79 Å². The van der Waals surface area contributed by atoms with Crippen LogP contribution in [0.2, 0.25) is 0 Å². The molecule has 1 rings (SSSR count). The second-order valence-electron chi connectivity index (χ2n) is 3.10. The highest BCUT2D eigenvalue weighted by atomic mass is 16.4. The Hall–Kier alpha value is -1.16. The number of rotatable bonds is 3. The van der Waals surface area contributed by atoms with E-state index >= 15 is 0 Å². The summed E-state index contributed by atoms with van der Waals surface area (Å²) < 4.78 is 0. The predicted octanol–water partition coefficient (Wildman–Crippen LogP) is 0.0120. The lowest BCUT2D eigenvalue weighted by Crippen LogP contribution is -2.42. The summed E-state index contributed by atoms with van der Waals surface area (Å²) in [6, 6.07) is 0. The zero-order valence-corrected chi connectivity index (χ0v) is 7.19. The molecule has 0 amide bonds. The number of allylic oxidation sites excluding steroid dienone is 1. The van der Waals surface area contributed by atoms with Gasteiger partial charge in [0.25, 0.3) is 0 Å². The molecule has 0 bridgehead atoms. The van der Waals surface area contributed by atoms with Gasteiger partial charge in [0.2, 0.25) is 0 Å². The van der Waals surface area contributed by atoms with E-state index in [4.69, 9.17) is 5.11 Å². The smallest absolute Gasteiger partial charge is 0.336 e. The van der Waals surface area contributed by atoms with E-state index in [-0.39, 0.29) is 0 Å². The molecular weight excluding hydrogens is 156 g/mol. The summed E-state index contributed by atoms with van der Waals surface area (Å²) in [7, 11) is 3.65. The molecule has 1 atom stereocenters. The zero-order chi connectivity index (χ0) is 9.19. The minimum Gasteiger partial charge on any atom is -0.479 e. The lowest BCUT2D eigenvalue weighted by molar-refractivity contribution is -0.141. The van der Waals surface area contributed by atoms with Crippen LogP contribution in [0, 0.1) is 0 Å². The van der Waals surface area contributed by atoms with Crippen molar-refractivity contribution in [2.45, 2.75) is 5.54 Å². The lowest BCUT2D eigenvalue weighted by atomic mass is 10.0. The number of aliphatic carboxylic acids is 1. The van der Waals surface area contributed by atoms with Gasteiger partial charge >= 0.3 is 5.97 Å². The molecule has 1 aliphatic rings. The molecule has 0 radical (unpaired) electrons. The van der Waals surface area contributed by atoms with E-state index in [9.17, 15) is 4.79 Å². The highest BCUT2D eigenvalue weighted by molar-refractivity contribution is 5.90. The summed E-state index contributed by atoms with van der Waals surface area (Å²) in [4.78, 5) is 16.6. The third kappa shape index (κ3) is 1.53. The van der Waals surface area contributed by atoms with Crippen molar-refractivity contribution in [2.75, 3.05) is 20.6 Å². The van der Waals surface area contributed by atoms with E-state index in [0.29, 0.717) is 6.54 Å². The lowest BCUT2D eigenvalue weighted by Gasteiger charge is -2.22. The van der Waals surface area contributed by atoms with Crippen molar-refractivity contribution < 1.29 is 9.90 Å². The number of carboxylic acids is 1. The molecular formula is C8H12N2O2. The largest absolute Gasteiger partial charge is 0.479 e. The first kappa shape index (κ1) is 8.93. The zero-order valence-electron chi connectivity index (χ0n) is 7.19. The number of hydrogen-bond donors (Lipinski definition) is 1. The van der Waals surface area contributed by atoms with E-state index in [2.05, 4.69) is 4.99 Å². The number of nitrogens with zero attached hydrogens (tertiary/aromatic N) is 2. The Morgan fingerprint density at radius 1 is 1.67 bits per heavy atom. The van der Waals surface area contributed by atoms with Crippen molar-refractivity contribution in [1.29, 1.82) is 0 Å². The van der Waals surface area contributed by atoms with E-state index in [0.717, 1.165) is 0 Å². The Kier molecular flexibility index (Phi) is 2.28. The quantitative estimate of drug-likeness (QED) is 0.646. The Morgan fingerprint density at radius 3 is 2.67 bits per heavy atom. The molecule has 0 saturated carbocycles. The van der Waals surface area contributed by atoms with E-state index < -0.39 is 11.5 Å². The number of hydrogen-bond acceptors (Lipinski definition) is 3. The summed E-state index contributed by atoms with van der Waals surface area (Å²) >= 11 is 0. The topological polar surface area (TPSA) is 52.9 Å². The summed E-state index contributed by atoms with van der Waals surface area (Å²) in [6.07, 6.45) is 4.80. The molecule has 0 saturated heterocycles. The van der Waals surface area contributed by atoms with Crippen LogP contribution >= 0.6 is 0 Å². The van der Waals surface area contributed by atoms with Crippen LogP contribution in [0.3, 0.4) is 0 Å². The van der Waals surface area contributed by atoms with Gasteiger partial charge in [-0.3, -0.25) is 4.99 Å². The highest BCUT2D eigenvalue weighted by Gasteiger charge is 2.36. The average Bonchev–Trinajstić information content (AvgIpc) is 2.35. The molecule has 1 unspecified atom stereocenters. The normalized spacial score (nSPS) is 26.9. The van der Waals surface area contributed by atoms with Gasteiger partial charge in [0, 0.05) is 12.8 Å². The molecule has 0 aromatic rings. The van der Waals surface area contributed by atoms with Crippen LogP contribution in [0.25, 0.3) is 0 Å². The minimum absolute atomic E-state index is 0.398. The molecule has 1 N–H and O–H groups in total. The molecule has 66 valence electrons. The maximum Gasteiger partial charge on any atom is 0.336 e. The van der Waals surface area contributed by atoms with Gasteiger partial charge in [0.15, 0.2) is 5.54 Å². The van der Waals surface area contributed by atoms with Crippen LogP contribution in [0.15, 0.2) is 17.1 Å². The number of likely N-dealkylation sites (N-methyl/N-ethyl adjacent to an activating group) is 1. The summed E-state index contributed by atoms with van der Waals surface area (Å²) in [5.41, 5.74) is -1.05. The van der Waals surface area contributed by atoms with Gasteiger partial charge in [0.05, 0.1) is 0 Å². The molecule has 4 nitrogen and oxygen atoms in total. The minimum atomic E-state index is -1.05. The second kappa shape index (κ2) is 3.06. The first-order valence-corrected chi connectivity index (χ1v) is 3.68. The number of aliphatic imine (C=N–C) groups is 1. The van der Waals surface area contributed by atoms with Crippen molar-refractivity contribution in [3.63, 3.8) is 0 Å². The third-order valence-electron chi connectivity index (χ3n) is 1.69. The Labute approximate surface area is 71.2 Å². The van der Waals surface area contributed by atoms with Gasteiger partial charge in [0.1, 0.15) is 0 Å². The van der Waals surface area contributed by atoms with Crippen LogP contribution in [0.4, 0.5) is 0 Å². The Balaban J connectivity index is 2.81. The van der Waals surface area contributed by atoms with Crippen LogP contribution < -0.4 is 0 Å². The first-order valence-electron chi connectivity index (χ1n) is 3.68. The van der Waals surface area contributed by atoms with Gasteiger partial charge in [-0.25, -0.2) is 4.79 Å². The van der Waals surface area contributed by atoms with Crippen molar-refractivity contribution in [3.8, 4) is 0 Å². The fourth-order valence-corrected chi connectivity index (χ4v) is 1.19. The van der Waals surface area contributed by atoms with Crippen molar-refractivity contribution in [2.24, 2.45) is 4.99 Å². The van der Waals surface area contributed by atoms with E-state index in [1.165, 1.54) is 6.21 Å². The van der Waals surface area contributed by atoms with E-state index in [1.54, 1.807) is 17.1 Å². The summed E-state index contributed by atoms with van der Waals surface area (Å²) in [5.74, 6) is -0.902. The number of carbonyl (C=O) groups is 1. The van der Waals surface area contributed by atoms with Crippen LogP contribution in [-0.4, -0.2) is 48.4 Å². The molecule has 4 heteroatoms. The molecule has 0 spiro atoms. The maximum atomic E-state index is 10.9. The third-order valence-corrected chi connectivity index (χ3v) is 1.69. The summed E-state index contributed by atoms with van der Waals surface area (Å²) in [5, 5.41) is 8.92. The highest BCUT2D eigenvalue weighted by Crippen LogP contribution is 2.17. The van der Waals surface area contributed by atoms with Crippen molar-refractivity contribution in [3.05, 3.63) is 12.2 Å². The SMILES string of the molecule is CN(C)CC1(C(=O)O)C=CC=N1. The van der Waals surface area contributed by atoms with Gasteiger partial charge in [-0.15, -0.1) is 0 Å². The maximum absolute atomic E-state index is 10.9. The fraction of sp³-hybridized carbons (Fsp3) is 0.500. The first-order chi connectivity index (χ1) is 5.57. The molecule has 1 heterocycles. The molecule has 0 aromatic heterocycles. The van der Waals surface area contributed by atoms with Crippen molar-refractivity contribution in [1.82, 2.24) is 4.90 Å². The molecule has 0 aromatic carbocycles. The Bertz CT molecular complexity index is 231. The standard InChI is InChI=1S/C8H12N2O2/c1-10(2)6-8(7(11)12)4-3-5-9-8/h3-5H,6H2,1-2H3,(H,11,12).